The van der Waals surface area contributed by atoms with Crippen LogP contribution in [0, 0.1) is 0 Å². The average Bonchev–Trinajstić information content (AvgIpc) is 2.79. The summed E-state index contributed by atoms with van der Waals surface area (Å²) in [5, 5.41) is 21.4. The maximum Gasteiger partial charge on any atom is 0.163 e. The Morgan fingerprint density at radius 1 is 1.13 bits per heavy atom. The fourth-order valence-corrected chi connectivity index (χ4v) is 3.99. The molecule has 2 aromatic rings. The van der Waals surface area contributed by atoms with Crippen molar-refractivity contribution in [2.24, 2.45) is 0 Å². The summed E-state index contributed by atoms with van der Waals surface area (Å²) in [6.45, 7) is 5.02. The van der Waals surface area contributed by atoms with Crippen LogP contribution in [0.4, 0.5) is 0 Å². The van der Waals surface area contributed by atoms with E-state index in [4.69, 9.17) is 4.74 Å². The van der Waals surface area contributed by atoms with Crippen molar-refractivity contribution in [1.82, 2.24) is 4.90 Å². The first kappa shape index (κ1) is 23.1. The van der Waals surface area contributed by atoms with Gasteiger partial charge >= 0.3 is 0 Å². The average molecular weight is 426 g/mol. The fraction of sp³-hybridized carbons (Fsp3) is 0.440. The Labute approximate surface area is 183 Å². The number of aliphatic hydroxyl groups is 2. The Balaban J connectivity index is 1.53. The Hall–Kier alpha value is -2.54. The van der Waals surface area contributed by atoms with E-state index >= 15 is 0 Å². The predicted molar refractivity (Wildman–Crippen MR) is 119 cm³/mol. The van der Waals surface area contributed by atoms with Crippen LogP contribution in [0.15, 0.2) is 48.5 Å². The van der Waals surface area contributed by atoms with E-state index in [1.807, 2.05) is 30.3 Å². The molecule has 1 atom stereocenters. The van der Waals surface area contributed by atoms with Crippen LogP contribution in [0.25, 0.3) is 0 Å². The highest BCUT2D eigenvalue weighted by atomic mass is 16.5. The Bertz CT molecular complexity index is 903. The second-order valence-corrected chi connectivity index (χ2v) is 8.21. The molecule has 0 spiro atoms. The van der Waals surface area contributed by atoms with Crippen LogP contribution >= 0.6 is 0 Å². The minimum atomic E-state index is -0.826. The van der Waals surface area contributed by atoms with Gasteiger partial charge in [-0.15, -0.1) is 0 Å². The molecule has 6 heteroatoms. The molecule has 31 heavy (non-hydrogen) atoms. The lowest BCUT2D eigenvalue weighted by atomic mass is 9.84. The number of ketones is 2. The van der Waals surface area contributed by atoms with Gasteiger partial charge in [0.05, 0.1) is 11.2 Å². The number of likely N-dealkylation sites (tertiary alicyclic amines) is 1. The number of β-amino-alcohol motifs (C(OH)–C–C–N with tert-alkyl or cyclic N) is 1. The zero-order valence-electron chi connectivity index (χ0n) is 18.2. The van der Waals surface area contributed by atoms with E-state index in [2.05, 4.69) is 4.90 Å². The van der Waals surface area contributed by atoms with Gasteiger partial charge in [0.2, 0.25) is 0 Å². The molecule has 2 N–H and O–H groups in total. The molecule has 0 aliphatic carbocycles. The van der Waals surface area contributed by atoms with E-state index < -0.39 is 11.7 Å². The molecule has 1 heterocycles. The molecule has 0 amide bonds. The Morgan fingerprint density at radius 3 is 2.42 bits per heavy atom. The molecule has 3 rings (SSSR count). The number of Topliss-reactive ketones (excluding diaryl/α,β-unsaturated/α-hetero) is 2. The molecule has 1 saturated heterocycles. The number of piperidine rings is 1. The van der Waals surface area contributed by atoms with E-state index in [0.717, 1.165) is 5.56 Å². The normalized spacial score (nSPS) is 17.2. The maximum atomic E-state index is 12.0. The van der Waals surface area contributed by atoms with Gasteiger partial charge in [0, 0.05) is 31.6 Å². The molecule has 1 aliphatic rings. The number of hydrogen-bond donors (Lipinski definition) is 2. The van der Waals surface area contributed by atoms with Crippen molar-refractivity contribution in [2.75, 3.05) is 26.2 Å². The topological polar surface area (TPSA) is 87.1 Å². The second kappa shape index (κ2) is 10.2. The van der Waals surface area contributed by atoms with Crippen molar-refractivity contribution in [3.8, 4) is 5.75 Å². The third-order valence-electron chi connectivity index (χ3n) is 5.90. The first-order valence-corrected chi connectivity index (χ1v) is 10.8. The van der Waals surface area contributed by atoms with Gasteiger partial charge in [-0.2, -0.15) is 0 Å². The van der Waals surface area contributed by atoms with Crippen LogP contribution in [0.1, 0.15) is 59.4 Å². The van der Waals surface area contributed by atoms with Crippen LogP contribution in [0.3, 0.4) is 0 Å². The minimum Gasteiger partial charge on any atom is -0.490 e. The molecule has 2 aromatic carbocycles. The van der Waals surface area contributed by atoms with Crippen LogP contribution in [-0.4, -0.2) is 59.0 Å². The number of nitrogens with zero attached hydrogens (tertiary/aromatic N) is 1. The van der Waals surface area contributed by atoms with Crippen LogP contribution in [0.5, 0.6) is 5.75 Å². The first-order chi connectivity index (χ1) is 14.8. The van der Waals surface area contributed by atoms with E-state index in [1.54, 1.807) is 25.1 Å². The monoisotopic (exact) mass is 425 g/mol. The molecular weight excluding hydrogens is 394 g/mol. The number of ether oxygens (including phenoxy) is 1. The molecule has 166 valence electrons. The third kappa shape index (κ3) is 5.79. The summed E-state index contributed by atoms with van der Waals surface area (Å²) in [6.07, 6.45) is 0.836. The van der Waals surface area contributed by atoms with Gasteiger partial charge in [-0.1, -0.05) is 37.3 Å². The van der Waals surface area contributed by atoms with Crippen LogP contribution < -0.4 is 4.74 Å². The summed E-state index contributed by atoms with van der Waals surface area (Å²) in [6, 6.07) is 14.5. The molecule has 1 aliphatic heterocycles. The molecule has 1 fully saturated rings. The molecule has 1 unspecified atom stereocenters. The number of aliphatic hydroxyl groups excluding tert-OH is 1. The summed E-state index contributed by atoms with van der Waals surface area (Å²) in [5.41, 5.74) is 0.935. The van der Waals surface area contributed by atoms with Crippen molar-refractivity contribution in [3.05, 3.63) is 65.2 Å². The van der Waals surface area contributed by atoms with Crippen molar-refractivity contribution in [2.45, 2.75) is 44.8 Å². The minimum absolute atomic E-state index is 0.0327. The van der Waals surface area contributed by atoms with Crippen LogP contribution in [-0.2, 0) is 5.60 Å². The van der Waals surface area contributed by atoms with Gasteiger partial charge in [0.1, 0.15) is 18.5 Å². The standard InChI is InChI=1S/C25H31NO5/c1-3-23(29)19-9-10-24(22(15-19)18(2)27)31-17-21(28)16-26-13-11-25(30,12-14-26)20-7-5-4-6-8-20/h4-10,15,21,28,30H,3,11-14,16-17H2,1-2H3. The summed E-state index contributed by atoms with van der Waals surface area (Å²) in [4.78, 5) is 26.0. The molecule has 6 nitrogen and oxygen atoms in total. The molecule has 0 radical (unpaired) electrons. The lowest BCUT2D eigenvalue weighted by molar-refractivity contribution is -0.0372. The maximum absolute atomic E-state index is 12.0. The number of hydrogen-bond acceptors (Lipinski definition) is 6. The summed E-state index contributed by atoms with van der Waals surface area (Å²) in [5.74, 6) is 0.150. The fourth-order valence-electron chi connectivity index (χ4n) is 3.99. The quantitative estimate of drug-likeness (QED) is 0.600. The molecule has 0 saturated carbocycles. The zero-order valence-corrected chi connectivity index (χ0v) is 18.2. The van der Waals surface area contributed by atoms with Gasteiger partial charge in [-0.3, -0.25) is 9.59 Å². The molecule has 0 aromatic heterocycles. The lowest BCUT2D eigenvalue weighted by Crippen LogP contribution is -2.46. The smallest absolute Gasteiger partial charge is 0.163 e. The van der Waals surface area contributed by atoms with E-state index in [9.17, 15) is 19.8 Å². The highest BCUT2D eigenvalue weighted by Gasteiger charge is 2.34. The number of carbonyl (C=O) groups excluding carboxylic acids is 2. The van der Waals surface area contributed by atoms with Crippen molar-refractivity contribution in [3.63, 3.8) is 0 Å². The molecule has 0 bridgehead atoms. The Kier molecular flexibility index (Phi) is 7.59. The summed E-state index contributed by atoms with van der Waals surface area (Å²) in [7, 11) is 0. The summed E-state index contributed by atoms with van der Waals surface area (Å²) < 4.78 is 5.72. The van der Waals surface area contributed by atoms with Gasteiger partial charge in [-0.05, 0) is 43.5 Å². The third-order valence-corrected chi connectivity index (χ3v) is 5.90. The number of carbonyl (C=O) groups is 2. The van der Waals surface area contributed by atoms with Crippen molar-refractivity contribution in [1.29, 1.82) is 0 Å². The lowest BCUT2D eigenvalue weighted by Gasteiger charge is -2.39. The first-order valence-electron chi connectivity index (χ1n) is 10.8. The van der Waals surface area contributed by atoms with E-state index in [1.165, 1.54) is 6.92 Å². The highest BCUT2D eigenvalue weighted by Crippen LogP contribution is 2.32. The van der Waals surface area contributed by atoms with Crippen molar-refractivity contribution >= 4 is 11.6 Å². The van der Waals surface area contributed by atoms with Crippen molar-refractivity contribution < 1.29 is 24.5 Å². The van der Waals surface area contributed by atoms with Crippen LogP contribution in [0.2, 0.25) is 0 Å². The van der Waals surface area contributed by atoms with E-state index in [0.29, 0.717) is 55.8 Å². The predicted octanol–water partition coefficient (Wildman–Crippen LogP) is 3.21. The van der Waals surface area contributed by atoms with Gasteiger partial charge < -0.3 is 19.8 Å². The molecular formula is C25H31NO5. The van der Waals surface area contributed by atoms with E-state index in [-0.39, 0.29) is 18.2 Å². The van der Waals surface area contributed by atoms with Gasteiger partial charge in [-0.25, -0.2) is 0 Å². The van der Waals surface area contributed by atoms with Gasteiger partial charge in [0.25, 0.3) is 0 Å². The number of rotatable bonds is 9. The Morgan fingerprint density at radius 2 is 1.81 bits per heavy atom. The largest absolute Gasteiger partial charge is 0.490 e. The van der Waals surface area contributed by atoms with Gasteiger partial charge in [0.15, 0.2) is 11.6 Å². The SMILES string of the molecule is CCC(=O)c1ccc(OCC(O)CN2CCC(O)(c3ccccc3)CC2)c(C(C)=O)c1. The summed E-state index contributed by atoms with van der Waals surface area (Å²) >= 11 is 0. The highest BCUT2D eigenvalue weighted by molar-refractivity contribution is 6.02. The zero-order chi connectivity index (χ0) is 22.4. The number of benzene rings is 2. The second-order valence-electron chi connectivity index (χ2n) is 8.21.